The maximum absolute atomic E-state index is 13.0. The summed E-state index contributed by atoms with van der Waals surface area (Å²) in [6, 6.07) is 0. The second kappa shape index (κ2) is 79.0. The zero-order valence-electron chi connectivity index (χ0n) is 65.9. The highest BCUT2D eigenvalue weighted by molar-refractivity contribution is 7.47. The number of aliphatic hydroxyl groups is 2. The highest BCUT2D eigenvalue weighted by Gasteiger charge is 2.29. The Hall–Kier alpha value is -4.57. The molecule has 602 valence electrons. The first kappa shape index (κ1) is 100. The molecule has 5 unspecified atom stereocenters. The van der Waals surface area contributed by atoms with E-state index < -0.39 is 91.5 Å². The number of phosphoric ester groups is 2. The lowest BCUT2D eigenvalue weighted by Gasteiger charge is -2.21. The Morgan fingerprint density at radius 1 is 0.276 bits per heavy atom. The quantitative estimate of drug-likeness (QED) is 0.0146. The molecule has 5 atom stereocenters. The summed E-state index contributed by atoms with van der Waals surface area (Å²) in [4.78, 5) is 58.7. The van der Waals surface area contributed by atoms with Gasteiger partial charge in [0.15, 0.2) is 6.10 Å². The number of hydrogen-bond donors (Lipinski definition) is 4. The van der Waals surface area contributed by atoms with Crippen molar-refractivity contribution in [2.75, 3.05) is 39.6 Å². The van der Waals surface area contributed by atoms with Gasteiger partial charge in [-0.3, -0.25) is 32.5 Å². The Morgan fingerprint density at radius 3 is 0.800 bits per heavy atom. The van der Waals surface area contributed by atoms with Crippen molar-refractivity contribution in [2.24, 2.45) is 0 Å². The number of unbranched alkanes of at least 4 members (excludes halogenated alkanes) is 30. The van der Waals surface area contributed by atoms with E-state index in [1.165, 1.54) is 103 Å². The number of phosphoric acid groups is 2. The smallest absolute Gasteiger partial charge is 0.463 e. The van der Waals surface area contributed by atoms with Crippen molar-refractivity contribution < 1.29 is 75.8 Å². The summed E-state index contributed by atoms with van der Waals surface area (Å²) in [6.07, 6.45) is 97.5. The topological polar surface area (TPSA) is 231 Å². The second-order valence-electron chi connectivity index (χ2n) is 27.2. The molecule has 0 heterocycles. The minimum Gasteiger partial charge on any atom is -0.463 e. The second-order valence-corrected chi connectivity index (χ2v) is 30.1. The van der Waals surface area contributed by atoms with E-state index in [1.807, 2.05) is 0 Å². The van der Waals surface area contributed by atoms with E-state index in [2.05, 4.69) is 167 Å². The van der Waals surface area contributed by atoms with E-state index >= 15 is 0 Å². The molecule has 4 N–H and O–H groups in total. The van der Waals surface area contributed by atoms with Crippen LogP contribution in [0.25, 0.3) is 0 Å². The first-order chi connectivity index (χ1) is 51.2. The first-order valence-corrected chi connectivity index (χ1v) is 44.1. The fraction of sp³-hybridized carbons (Fsp3) is 0.690. The molecule has 0 aromatic carbocycles. The Morgan fingerprint density at radius 2 is 0.505 bits per heavy atom. The van der Waals surface area contributed by atoms with Crippen LogP contribution in [-0.2, 0) is 55.8 Å². The number of aliphatic hydroxyl groups excluding tert-OH is 2. The molecule has 0 bridgehead atoms. The van der Waals surface area contributed by atoms with E-state index in [9.17, 15) is 43.5 Å². The SMILES string of the molecule is CC/C=C\C/C=C\C/C=C\C/C=C\C/C=C\CCCCCCCC(=O)OCC(COP(=O)(O)OCC(O)COP(=O)(O)OCC(O)COC(=O)CCCCCCCCCCCCCCCCC/C=C\C/C=C\C/C=C\C/C=C\CCCCC)OC(=O)CCCCCCCCC/C=C\C/C=C\C/C=C\CC. The van der Waals surface area contributed by atoms with Crippen molar-refractivity contribution >= 4 is 33.6 Å². The van der Waals surface area contributed by atoms with Gasteiger partial charge in [0.05, 0.1) is 26.4 Å². The van der Waals surface area contributed by atoms with Gasteiger partial charge in [-0.05, 0) is 141 Å². The number of ether oxygens (including phenoxy) is 3. The number of allylic oxidation sites excluding steroid dienone is 24. The first-order valence-electron chi connectivity index (χ1n) is 41.1. The summed E-state index contributed by atoms with van der Waals surface area (Å²) in [5.41, 5.74) is 0. The van der Waals surface area contributed by atoms with E-state index in [0.29, 0.717) is 19.3 Å². The zero-order valence-corrected chi connectivity index (χ0v) is 67.6. The third-order valence-corrected chi connectivity index (χ3v) is 18.9. The van der Waals surface area contributed by atoms with Gasteiger partial charge in [-0.15, -0.1) is 0 Å². The third-order valence-electron chi connectivity index (χ3n) is 17.0. The van der Waals surface area contributed by atoms with Crippen molar-refractivity contribution in [1.82, 2.24) is 0 Å². The minimum atomic E-state index is -4.94. The summed E-state index contributed by atoms with van der Waals surface area (Å²) >= 11 is 0. The van der Waals surface area contributed by atoms with Crippen LogP contribution < -0.4 is 0 Å². The predicted molar refractivity (Wildman–Crippen MR) is 436 cm³/mol. The molecule has 0 aliphatic heterocycles. The van der Waals surface area contributed by atoms with Crippen LogP contribution in [0.4, 0.5) is 0 Å². The van der Waals surface area contributed by atoms with Crippen LogP contribution in [-0.4, -0.2) is 95.9 Å². The maximum atomic E-state index is 13.0. The molecule has 105 heavy (non-hydrogen) atoms. The molecule has 0 saturated heterocycles. The van der Waals surface area contributed by atoms with Crippen LogP contribution in [0.3, 0.4) is 0 Å². The summed E-state index contributed by atoms with van der Waals surface area (Å²) in [7, 11) is -9.81. The van der Waals surface area contributed by atoms with Crippen LogP contribution in [0.5, 0.6) is 0 Å². The van der Waals surface area contributed by atoms with E-state index in [4.69, 9.17) is 32.3 Å². The summed E-state index contributed by atoms with van der Waals surface area (Å²) in [6.45, 7) is 2.41. The van der Waals surface area contributed by atoms with Crippen molar-refractivity contribution in [3.05, 3.63) is 146 Å². The summed E-state index contributed by atoms with van der Waals surface area (Å²) in [5, 5.41) is 20.7. The number of carbonyl (C=O) groups is 3. The van der Waals surface area contributed by atoms with Crippen molar-refractivity contribution in [2.45, 2.75) is 347 Å². The highest BCUT2D eigenvalue weighted by atomic mass is 31.2. The third kappa shape index (κ3) is 80.3. The minimum absolute atomic E-state index is 0.0848. The van der Waals surface area contributed by atoms with Crippen LogP contribution in [0, 0.1) is 0 Å². The average Bonchev–Trinajstić information content (AvgIpc) is 0.915. The van der Waals surface area contributed by atoms with Crippen LogP contribution in [0.1, 0.15) is 329 Å². The zero-order chi connectivity index (χ0) is 76.6. The van der Waals surface area contributed by atoms with Crippen LogP contribution in [0.2, 0.25) is 0 Å². The van der Waals surface area contributed by atoms with Gasteiger partial charge in [0.1, 0.15) is 25.4 Å². The molecule has 0 amide bonds. The van der Waals surface area contributed by atoms with Crippen LogP contribution in [0.15, 0.2) is 146 Å². The monoisotopic (exact) mass is 1510 g/mol. The Labute approximate surface area is 638 Å². The molecular weight excluding hydrogens is 1360 g/mol. The van der Waals surface area contributed by atoms with Gasteiger partial charge < -0.3 is 34.2 Å². The number of rotatable bonds is 77. The van der Waals surface area contributed by atoms with Crippen LogP contribution >= 0.6 is 15.6 Å². The van der Waals surface area contributed by atoms with Gasteiger partial charge in [0, 0.05) is 19.3 Å². The van der Waals surface area contributed by atoms with E-state index in [1.54, 1.807) is 0 Å². The summed E-state index contributed by atoms with van der Waals surface area (Å²) in [5.74, 6) is -1.61. The lowest BCUT2D eigenvalue weighted by molar-refractivity contribution is -0.161. The molecule has 0 aliphatic carbocycles. The van der Waals surface area contributed by atoms with Crippen molar-refractivity contribution in [1.29, 1.82) is 0 Å². The molecule has 0 aromatic rings. The largest absolute Gasteiger partial charge is 0.472 e. The number of hydrogen-bond acceptors (Lipinski definition) is 14. The lowest BCUT2D eigenvalue weighted by atomic mass is 10.0. The Balaban J connectivity index is 4.54. The van der Waals surface area contributed by atoms with E-state index in [0.717, 1.165) is 167 Å². The van der Waals surface area contributed by atoms with Gasteiger partial charge in [0.25, 0.3) is 0 Å². The molecule has 0 rings (SSSR count). The normalized spacial score (nSPS) is 14.7. The van der Waals surface area contributed by atoms with Crippen molar-refractivity contribution in [3.8, 4) is 0 Å². The predicted octanol–water partition coefficient (Wildman–Crippen LogP) is 24.4. The Bertz CT molecular complexity index is 2490. The molecular formula is C87H148O16P2. The molecule has 16 nitrogen and oxygen atoms in total. The fourth-order valence-electron chi connectivity index (χ4n) is 10.8. The standard InChI is InChI=1S/C87H148O16P2/c1-4-7-10-13-16-19-22-25-28-31-33-35-36-37-38-39-40-41-42-43-44-46-48-50-52-55-58-61-64-67-70-73-85(90)97-76-82(88)77-99-104(93,94)100-78-83(89)79-101-105(95,96)102-81-84(103-87(92)75-72-69-66-63-60-57-54-49-30-27-24-21-18-15-12-9-6-3)80-98-86(91)74-71-68-65-62-59-56-53-51-47-45-34-32-29-26-23-20-17-14-11-8-5-2/h8-9,11-12,16-21,25-30,33-35,37-38,45,51,53,82-84,88-89H,4-7,10,13-15,22-24,31-32,36,39-44,46-50,52,54-81H2,1-3H3,(H,93,94)(H,95,96)/b11-8-,12-9-,19-16-,20-17-,21-18-,28-25-,29-26-,30-27-,35-33-,38-37-,45-34-,53-51-. The lowest BCUT2D eigenvalue weighted by Crippen LogP contribution is -2.30. The highest BCUT2D eigenvalue weighted by Crippen LogP contribution is 2.45. The molecule has 0 aliphatic rings. The number of carbonyl (C=O) groups excluding carboxylic acids is 3. The van der Waals surface area contributed by atoms with Gasteiger partial charge in [-0.2, -0.15) is 0 Å². The molecule has 0 fully saturated rings. The number of esters is 3. The maximum Gasteiger partial charge on any atom is 0.472 e. The van der Waals surface area contributed by atoms with Gasteiger partial charge >= 0.3 is 33.6 Å². The average molecular weight is 1510 g/mol. The molecule has 0 radical (unpaired) electrons. The van der Waals surface area contributed by atoms with Gasteiger partial charge in [-0.1, -0.05) is 314 Å². The molecule has 0 aromatic heterocycles. The molecule has 0 saturated carbocycles. The van der Waals surface area contributed by atoms with E-state index in [-0.39, 0.29) is 19.3 Å². The summed E-state index contributed by atoms with van der Waals surface area (Å²) < 4.78 is 61.2. The molecule has 18 heteroatoms. The van der Waals surface area contributed by atoms with Gasteiger partial charge in [0.2, 0.25) is 0 Å². The van der Waals surface area contributed by atoms with Crippen molar-refractivity contribution in [3.63, 3.8) is 0 Å². The fourth-order valence-corrected chi connectivity index (χ4v) is 12.4. The molecule has 0 spiro atoms. The Kier molecular flexibility index (Phi) is 75.6. The van der Waals surface area contributed by atoms with Gasteiger partial charge in [-0.25, -0.2) is 9.13 Å².